The summed E-state index contributed by atoms with van der Waals surface area (Å²) >= 11 is 5.89. The molecule has 0 atom stereocenters. The van der Waals surface area contributed by atoms with Gasteiger partial charge in [-0.15, -0.1) is 0 Å². The minimum absolute atomic E-state index is 0.230. The Bertz CT molecular complexity index is 766. The van der Waals surface area contributed by atoms with Crippen LogP contribution < -0.4 is 25.6 Å². The number of aryl methyl sites for hydroxylation is 1. The Hall–Kier alpha value is -2.93. The fraction of sp³-hybridized carbons (Fsp3) is 0.222. The molecule has 3 amide bonds. The second-order valence-electron chi connectivity index (χ2n) is 5.26. The molecule has 0 aliphatic heterocycles. The molecule has 0 aromatic heterocycles. The molecule has 2 aromatic carbocycles. The van der Waals surface area contributed by atoms with Crippen molar-refractivity contribution in [3.05, 3.63) is 53.1 Å². The van der Waals surface area contributed by atoms with Crippen LogP contribution in [0.1, 0.15) is 12.5 Å². The third kappa shape index (κ3) is 5.86. The van der Waals surface area contributed by atoms with E-state index in [4.69, 9.17) is 21.1 Å². The predicted octanol–water partition coefficient (Wildman–Crippen LogP) is 3.14. The van der Waals surface area contributed by atoms with Crippen molar-refractivity contribution in [2.24, 2.45) is 0 Å². The summed E-state index contributed by atoms with van der Waals surface area (Å²) in [7, 11) is 1.47. The van der Waals surface area contributed by atoms with Gasteiger partial charge in [-0.1, -0.05) is 30.7 Å². The van der Waals surface area contributed by atoms with E-state index >= 15 is 0 Å². The Morgan fingerprint density at radius 2 is 1.81 bits per heavy atom. The first-order chi connectivity index (χ1) is 12.5. The van der Waals surface area contributed by atoms with Gasteiger partial charge in [0.15, 0.2) is 6.61 Å². The maximum atomic E-state index is 11.9. The van der Waals surface area contributed by atoms with Crippen LogP contribution >= 0.6 is 11.6 Å². The molecule has 0 unspecified atom stereocenters. The molecule has 2 aromatic rings. The van der Waals surface area contributed by atoms with Crippen molar-refractivity contribution in [1.29, 1.82) is 0 Å². The molecule has 7 nitrogen and oxygen atoms in total. The van der Waals surface area contributed by atoms with E-state index in [2.05, 4.69) is 23.1 Å². The molecule has 138 valence electrons. The van der Waals surface area contributed by atoms with E-state index in [9.17, 15) is 9.59 Å². The zero-order valence-electron chi connectivity index (χ0n) is 14.5. The van der Waals surface area contributed by atoms with Gasteiger partial charge in [0, 0.05) is 5.02 Å². The Kier molecular flexibility index (Phi) is 7.11. The minimum Gasteiger partial charge on any atom is -0.495 e. The number of amides is 3. The number of urea groups is 1. The van der Waals surface area contributed by atoms with E-state index in [-0.39, 0.29) is 6.61 Å². The standard InChI is InChI=1S/C18H20ClN3O4/c1-3-12-4-7-14(8-5-12)26-11-17(23)21-22-18(24)20-15-10-13(19)6-9-16(15)25-2/h4-10H,3,11H2,1-2H3,(H,21,23)(H2,20,22,24). The Morgan fingerprint density at radius 3 is 2.46 bits per heavy atom. The van der Waals surface area contributed by atoms with Gasteiger partial charge >= 0.3 is 6.03 Å². The number of hydrogen-bond donors (Lipinski definition) is 3. The number of methoxy groups -OCH3 is 1. The highest BCUT2D eigenvalue weighted by atomic mass is 35.5. The molecule has 0 spiro atoms. The molecular weight excluding hydrogens is 358 g/mol. The molecule has 0 aliphatic carbocycles. The lowest BCUT2D eigenvalue weighted by Gasteiger charge is -2.12. The normalized spacial score (nSPS) is 9.96. The number of halogens is 1. The Morgan fingerprint density at radius 1 is 1.08 bits per heavy atom. The fourth-order valence-corrected chi connectivity index (χ4v) is 2.24. The summed E-state index contributed by atoms with van der Waals surface area (Å²) < 4.78 is 10.5. The van der Waals surface area contributed by atoms with E-state index in [1.165, 1.54) is 18.7 Å². The highest BCUT2D eigenvalue weighted by Gasteiger charge is 2.09. The van der Waals surface area contributed by atoms with Crippen LogP contribution in [-0.2, 0) is 11.2 Å². The van der Waals surface area contributed by atoms with Gasteiger partial charge in [0.1, 0.15) is 11.5 Å². The van der Waals surface area contributed by atoms with Gasteiger partial charge in [0.05, 0.1) is 12.8 Å². The molecule has 0 saturated heterocycles. The van der Waals surface area contributed by atoms with Crippen LogP contribution in [0, 0.1) is 0 Å². The second kappa shape index (κ2) is 9.53. The summed E-state index contributed by atoms with van der Waals surface area (Å²) in [6.07, 6.45) is 0.928. The third-order valence-electron chi connectivity index (χ3n) is 3.43. The second-order valence-corrected chi connectivity index (χ2v) is 5.69. The minimum atomic E-state index is -0.647. The number of ether oxygens (including phenoxy) is 2. The van der Waals surface area contributed by atoms with Crippen LogP contribution in [-0.4, -0.2) is 25.7 Å². The Labute approximate surface area is 156 Å². The average molecular weight is 378 g/mol. The zero-order valence-corrected chi connectivity index (χ0v) is 15.2. The first kappa shape index (κ1) is 19.4. The average Bonchev–Trinajstić information content (AvgIpc) is 2.65. The summed E-state index contributed by atoms with van der Waals surface area (Å²) in [6, 6.07) is 11.6. The molecule has 0 bridgehead atoms. The van der Waals surface area contributed by atoms with Crippen LogP contribution in [0.15, 0.2) is 42.5 Å². The summed E-state index contributed by atoms with van der Waals surface area (Å²) in [6.45, 7) is 1.82. The van der Waals surface area contributed by atoms with Gasteiger partial charge in [-0.3, -0.25) is 10.2 Å². The van der Waals surface area contributed by atoms with Crippen LogP contribution in [0.4, 0.5) is 10.5 Å². The monoisotopic (exact) mass is 377 g/mol. The Balaban J connectivity index is 1.77. The lowest BCUT2D eigenvalue weighted by atomic mass is 10.2. The number of benzene rings is 2. The topological polar surface area (TPSA) is 88.7 Å². The van der Waals surface area contributed by atoms with Gasteiger partial charge in [-0.25, -0.2) is 10.2 Å². The maximum Gasteiger partial charge on any atom is 0.338 e. The fourth-order valence-electron chi connectivity index (χ4n) is 2.06. The van der Waals surface area contributed by atoms with Gasteiger partial charge in [-0.05, 0) is 42.3 Å². The van der Waals surface area contributed by atoms with E-state index in [1.807, 2.05) is 12.1 Å². The number of carbonyl (C=O) groups excluding carboxylic acids is 2. The van der Waals surface area contributed by atoms with Crippen molar-refractivity contribution >= 4 is 29.2 Å². The van der Waals surface area contributed by atoms with E-state index in [0.717, 1.165) is 6.42 Å². The molecular formula is C18H20ClN3O4. The molecule has 8 heteroatoms. The van der Waals surface area contributed by atoms with Gasteiger partial charge in [0.25, 0.3) is 5.91 Å². The number of hydrogen-bond acceptors (Lipinski definition) is 4. The van der Waals surface area contributed by atoms with Crippen molar-refractivity contribution in [3.8, 4) is 11.5 Å². The van der Waals surface area contributed by atoms with Crippen LogP contribution in [0.5, 0.6) is 11.5 Å². The highest BCUT2D eigenvalue weighted by molar-refractivity contribution is 6.31. The highest BCUT2D eigenvalue weighted by Crippen LogP contribution is 2.27. The van der Waals surface area contributed by atoms with E-state index in [1.54, 1.807) is 24.3 Å². The third-order valence-corrected chi connectivity index (χ3v) is 3.66. The molecule has 2 rings (SSSR count). The largest absolute Gasteiger partial charge is 0.495 e. The molecule has 26 heavy (non-hydrogen) atoms. The molecule has 0 radical (unpaired) electrons. The first-order valence-corrected chi connectivity index (χ1v) is 8.30. The van der Waals surface area contributed by atoms with Gasteiger partial charge in [-0.2, -0.15) is 0 Å². The first-order valence-electron chi connectivity index (χ1n) is 7.93. The number of carbonyl (C=O) groups is 2. The number of hydrazine groups is 1. The summed E-state index contributed by atoms with van der Waals surface area (Å²) in [4.78, 5) is 23.6. The number of anilines is 1. The molecule has 0 saturated carbocycles. The van der Waals surface area contributed by atoms with Crippen LogP contribution in [0.25, 0.3) is 0 Å². The molecule has 3 N–H and O–H groups in total. The van der Waals surface area contributed by atoms with Gasteiger partial charge in [0.2, 0.25) is 0 Å². The molecule has 0 fully saturated rings. The summed E-state index contributed by atoms with van der Waals surface area (Å²) in [5.74, 6) is 0.512. The smallest absolute Gasteiger partial charge is 0.338 e. The van der Waals surface area contributed by atoms with Gasteiger partial charge < -0.3 is 14.8 Å². The summed E-state index contributed by atoms with van der Waals surface area (Å²) in [5.41, 5.74) is 6.03. The maximum absolute atomic E-state index is 11.9. The SMILES string of the molecule is CCc1ccc(OCC(=O)NNC(=O)Nc2cc(Cl)ccc2OC)cc1. The van der Waals surface area contributed by atoms with E-state index < -0.39 is 11.9 Å². The molecule has 0 aliphatic rings. The summed E-state index contributed by atoms with van der Waals surface area (Å²) in [5, 5.41) is 2.97. The van der Waals surface area contributed by atoms with Crippen molar-refractivity contribution in [1.82, 2.24) is 10.9 Å². The van der Waals surface area contributed by atoms with Crippen LogP contribution in [0.2, 0.25) is 5.02 Å². The lowest BCUT2D eigenvalue weighted by molar-refractivity contribution is -0.123. The van der Waals surface area contributed by atoms with Crippen molar-refractivity contribution in [2.75, 3.05) is 19.0 Å². The van der Waals surface area contributed by atoms with Crippen molar-refractivity contribution in [3.63, 3.8) is 0 Å². The predicted molar refractivity (Wildman–Crippen MR) is 99.6 cm³/mol. The van der Waals surface area contributed by atoms with Crippen molar-refractivity contribution in [2.45, 2.75) is 13.3 Å². The van der Waals surface area contributed by atoms with Crippen molar-refractivity contribution < 1.29 is 19.1 Å². The molecule has 0 heterocycles. The van der Waals surface area contributed by atoms with Crippen LogP contribution in [0.3, 0.4) is 0 Å². The lowest BCUT2D eigenvalue weighted by Crippen LogP contribution is -2.45. The van der Waals surface area contributed by atoms with E-state index in [0.29, 0.717) is 22.2 Å². The number of nitrogens with one attached hydrogen (secondary N) is 3. The quantitative estimate of drug-likeness (QED) is 0.675. The zero-order chi connectivity index (χ0) is 18.9. The number of rotatable bonds is 6.